The van der Waals surface area contributed by atoms with E-state index in [1.807, 2.05) is 11.4 Å². The second-order valence-corrected chi connectivity index (χ2v) is 5.77. The highest BCUT2D eigenvalue weighted by molar-refractivity contribution is 7.10. The monoisotopic (exact) mass is 319 g/mol. The number of anilines is 2. The normalized spacial score (nSPS) is 9.95. The first kappa shape index (κ1) is 15.4. The van der Waals surface area contributed by atoms with Crippen molar-refractivity contribution in [3.8, 4) is 6.07 Å². The van der Waals surface area contributed by atoms with E-state index < -0.39 is 0 Å². The maximum Gasteiger partial charge on any atom is 0.224 e. The molecule has 0 fully saturated rings. The van der Waals surface area contributed by atoms with E-state index in [1.54, 1.807) is 25.1 Å². The number of carbonyl (C=O) groups excluding carboxylic acids is 1. The van der Waals surface area contributed by atoms with Crippen molar-refractivity contribution in [3.63, 3.8) is 0 Å². The van der Waals surface area contributed by atoms with E-state index in [1.165, 1.54) is 11.3 Å². The number of halogens is 1. The van der Waals surface area contributed by atoms with Gasteiger partial charge in [-0.1, -0.05) is 18.5 Å². The summed E-state index contributed by atoms with van der Waals surface area (Å²) in [6, 6.07) is 9.25. The van der Waals surface area contributed by atoms with Crippen LogP contribution in [0.15, 0.2) is 29.6 Å². The lowest BCUT2D eigenvalue weighted by atomic mass is 10.2. The van der Waals surface area contributed by atoms with Crippen LogP contribution in [0.2, 0.25) is 5.02 Å². The van der Waals surface area contributed by atoms with Crippen LogP contribution in [0.3, 0.4) is 0 Å². The molecule has 1 aromatic heterocycles. The van der Waals surface area contributed by atoms with E-state index in [0.717, 1.165) is 10.6 Å². The molecule has 108 valence electrons. The van der Waals surface area contributed by atoms with E-state index in [2.05, 4.69) is 16.7 Å². The molecule has 2 rings (SSSR count). The Morgan fingerprint density at radius 1 is 1.43 bits per heavy atom. The Kier molecular flexibility index (Phi) is 5.20. The van der Waals surface area contributed by atoms with Crippen molar-refractivity contribution in [3.05, 3.63) is 45.1 Å². The molecule has 0 bridgehead atoms. The van der Waals surface area contributed by atoms with Gasteiger partial charge >= 0.3 is 0 Å². The van der Waals surface area contributed by atoms with Gasteiger partial charge in [0.15, 0.2) is 0 Å². The van der Waals surface area contributed by atoms with E-state index in [-0.39, 0.29) is 5.91 Å². The highest BCUT2D eigenvalue weighted by Gasteiger charge is 2.05. The van der Waals surface area contributed by atoms with Gasteiger partial charge in [-0.2, -0.15) is 5.26 Å². The summed E-state index contributed by atoms with van der Waals surface area (Å²) in [4.78, 5) is 12.4. The smallest absolute Gasteiger partial charge is 0.224 e. The summed E-state index contributed by atoms with van der Waals surface area (Å²) in [7, 11) is 0. The molecular weight excluding hydrogens is 306 g/mol. The number of nitrogens with one attached hydrogen (secondary N) is 2. The van der Waals surface area contributed by atoms with Crippen LogP contribution >= 0.6 is 22.9 Å². The Balaban J connectivity index is 2.06. The molecule has 0 atom stereocenters. The fourth-order valence-electron chi connectivity index (χ4n) is 1.70. The minimum atomic E-state index is -0.0415. The second-order valence-electron chi connectivity index (χ2n) is 4.36. The minimum absolute atomic E-state index is 0.0415. The maximum absolute atomic E-state index is 11.4. The van der Waals surface area contributed by atoms with Crippen molar-refractivity contribution in [1.82, 2.24) is 0 Å². The first-order valence-corrected chi connectivity index (χ1v) is 7.69. The molecule has 0 aliphatic carbocycles. The van der Waals surface area contributed by atoms with E-state index >= 15 is 0 Å². The molecule has 21 heavy (non-hydrogen) atoms. The molecule has 0 unspecified atom stereocenters. The van der Waals surface area contributed by atoms with Crippen molar-refractivity contribution in [2.24, 2.45) is 0 Å². The van der Waals surface area contributed by atoms with Crippen molar-refractivity contribution >= 4 is 40.2 Å². The Morgan fingerprint density at radius 2 is 2.24 bits per heavy atom. The molecule has 0 radical (unpaired) electrons. The highest BCUT2D eigenvalue weighted by atomic mass is 35.5. The molecule has 4 nitrogen and oxygen atoms in total. The molecule has 1 aromatic carbocycles. The molecule has 0 aliphatic heterocycles. The number of hydrogen-bond acceptors (Lipinski definition) is 4. The number of nitriles is 1. The molecule has 0 saturated carbocycles. The van der Waals surface area contributed by atoms with Gasteiger partial charge in [-0.25, -0.2) is 0 Å². The predicted molar refractivity (Wildman–Crippen MR) is 86.7 cm³/mol. The largest absolute Gasteiger partial charge is 0.379 e. The zero-order valence-corrected chi connectivity index (χ0v) is 13.0. The van der Waals surface area contributed by atoms with Crippen LogP contribution in [-0.2, 0) is 11.3 Å². The molecule has 2 N–H and O–H groups in total. The molecule has 1 amide bonds. The van der Waals surface area contributed by atoms with Gasteiger partial charge in [0, 0.05) is 28.9 Å². The predicted octanol–water partition coefficient (Wildman–Crippen LogP) is 4.23. The van der Waals surface area contributed by atoms with Gasteiger partial charge in [0.2, 0.25) is 5.91 Å². The van der Waals surface area contributed by atoms with Gasteiger partial charge in [-0.15, -0.1) is 11.3 Å². The summed E-state index contributed by atoms with van der Waals surface area (Å²) in [5.41, 5.74) is 2.11. The standard InChI is InChI=1S/C15H14ClN3OS/c1-2-15(20)19-11-3-4-13(16)14(6-11)18-8-12-5-10(7-17)9-21-12/h3-6,9,18H,2,8H2,1H3,(H,19,20). The lowest BCUT2D eigenvalue weighted by Gasteiger charge is -2.10. The molecular formula is C15H14ClN3OS. The van der Waals surface area contributed by atoms with Crippen LogP contribution in [0, 0.1) is 11.3 Å². The zero-order valence-electron chi connectivity index (χ0n) is 11.4. The first-order valence-electron chi connectivity index (χ1n) is 6.43. The van der Waals surface area contributed by atoms with Crippen LogP contribution in [0.1, 0.15) is 23.8 Å². The first-order chi connectivity index (χ1) is 10.1. The lowest BCUT2D eigenvalue weighted by Crippen LogP contribution is -2.09. The molecule has 0 spiro atoms. The molecule has 1 heterocycles. The van der Waals surface area contributed by atoms with E-state index in [9.17, 15) is 4.79 Å². The minimum Gasteiger partial charge on any atom is -0.379 e. The SMILES string of the molecule is CCC(=O)Nc1ccc(Cl)c(NCc2cc(C#N)cs2)c1. The zero-order chi connectivity index (χ0) is 15.2. The van der Waals surface area contributed by atoms with Gasteiger partial charge in [0.05, 0.1) is 16.3 Å². The van der Waals surface area contributed by atoms with Gasteiger partial charge < -0.3 is 10.6 Å². The van der Waals surface area contributed by atoms with E-state index in [0.29, 0.717) is 29.2 Å². The highest BCUT2D eigenvalue weighted by Crippen LogP contribution is 2.27. The molecule has 0 aliphatic rings. The number of carbonyl (C=O) groups is 1. The fourth-order valence-corrected chi connectivity index (χ4v) is 2.64. The number of thiophene rings is 1. The Hall–Kier alpha value is -2.03. The van der Waals surface area contributed by atoms with Gasteiger partial charge in [0.25, 0.3) is 0 Å². The van der Waals surface area contributed by atoms with Crippen LogP contribution < -0.4 is 10.6 Å². The lowest BCUT2D eigenvalue weighted by molar-refractivity contribution is -0.115. The summed E-state index contributed by atoms with van der Waals surface area (Å²) in [5.74, 6) is -0.0415. The van der Waals surface area contributed by atoms with Crippen molar-refractivity contribution < 1.29 is 4.79 Å². The summed E-state index contributed by atoms with van der Waals surface area (Å²) in [5, 5.41) is 17.2. The second kappa shape index (κ2) is 7.11. The third-order valence-electron chi connectivity index (χ3n) is 2.81. The van der Waals surface area contributed by atoms with Gasteiger partial charge in [0.1, 0.15) is 6.07 Å². The number of benzene rings is 1. The van der Waals surface area contributed by atoms with Crippen molar-refractivity contribution in [1.29, 1.82) is 5.26 Å². The Bertz CT molecular complexity index is 690. The van der Waals surface area contributed by atoms with Crippen molar-refractivity contribution in [2.75, 3.05) is 10.6 Å². The van der Waals surface area contributed by atoms with Crippen LogP contribution in [0.4, 0.5) is 11.4 Å². The summed E-state index contributed by atoms with van der Waals surface area (Å²) in [6.07, 6.45) is 0.428. The number of amides is 1. The van der Waals surface area contributed by atoms with Crippen LogP contribution in [0.5, 0.6) is 0 Å². The van der Waals surface area contributed by atoms with Crippen LogP contribution in [-0.4, -0.2) is 5.91 Å². The van der Waals surface area contributed by atoms with Crippen LogP contribution in [0.25, 0.3) is 0 Å². The molecule has 0 saturated heterocycles. The summed E-state index contributed by atoms with van der Waals surface area (Å²) in [6.45, 7) is 2.38. The van der Waals surface area contributed by atoms with Gasteiger partial charge in [-0.3, -0.25) is 4.79 Å². The Labute approximate surface area is 132 Å². The summed E-state index contributed by atoms with van der Waals surface area (Å²) >= 11 is 7.66. The topological polar surface area (TPSA) is 64.9 Å². The number of rotatable bonds is 5. The summed E-state index contributed by atoms with van der Waals surface area (Å²) < 4.78 is 0. The number of hydrogen-bond donors (Lipinski definition) is 2. The fraction of sp³-hybridized carbons (Fsp3) is 0.200. The maximum atomic E-state index is 11.4. The quantitative estimate of drug-likeness (QED) is 0.866. The Morgan fingerprint density at radius 3 is 2.90 bits per heavy atom. The number of nitrogens with zero attached hydrogens (tertiary/aromatic N) is 1. The van der Waals surface area contributed by atoms with Crippen molar-refractivity contribution in [2.45, 2.75) is 19.9 Å². The van der Waals surface area contributed by atoms with Gasteiger partial charge in [-0.05, 0) is 24.3 Å². The van der Waals surface area contributed by atoms with E-state index in [4.69, 9.17) is 16.9 Å². The average molecular weight is 320 g/mol. The molecule has 2 aromatic rings. The third-order valence-corrected chi connectivity index (χ3v) is 4.07. The molecule has 6 heteroatoms. The average Bonchev–Trinajstić information content (AvgIpc) is 2.95. The third kappa shape index (κ3) is 4.22.